The molecule has 0 N–H and O–H groups in total. The van der Waals surface area contributed by atoms with Crippen molar-refractivity contribution in [2.75, 3.05) is 14.6 Å². The van der Waals surface area contributed by atoms with E-state index in [4.69, 9.17) is 4.42 Å². The quantitative estimate of drug-likeness (QED) is 0.148. The van der Waals surface area contributed by atoms with Crippen LogP contribution in [0, 0.1) is 0 Å². The van der Waals surface area contributed by atoms with Gasteiger partial charge in [-0.1, -0.05) is 217 Å². The first-order valence-corrected chi connectivity index (χ1v) is 28.9. The predicted octanol–water partition coefficient (Wildman–Crippen LogP) is 20.3. The van der Waals surface area contributed by atoms with Gasteiger partial charge in [-0.25, -0.2) is 0 Å². The van der Waals surface area contributed by atoms with Gasteiger partial charge in [-0.3, -0.25) is 0 Å². The summed E-state index contributed by atoms with van der Waals surface area (Å²) in [6.45, 7) is 27.3. The molecule has 0 fully saturated rings. The summed E-state index contributed by atoms with van der Waals surface area (Å²) in [6, 6.07) is 82.4. The number of fused-ring (bicyclic) bond motifs is 7. The number of para-hydroxylation sites is 1. The Morgan fingerprint density at radius 3 is 1.47 bits per heavy atom. The molecule has 3 heterocycles. The van der Waals surface area contributed by atoms with E-state index in [1.165, 1.54) is 61.0 Å². The molecule has 5 heteroatoms. The Hall–Kier alpha value is -8.54. The highest BCUT2D eigenvalue weighted by Gasteiger charge is 2.46. The maximum Gasteiger partial charge on any atom is 0.333 e. The van der Waals surface area contributed by atoms with Crippen LogP contribution in [0.4, 0.5) is 45.5 Å². The van der Waals surface area contributed by atoms with Crippen molar-refractivity contribution in [3.05, 3.63) is 241 Å². The summed E-state index contributed by atoms with van der Waals surface area (Å²) >= 11 is 0. The SMILES string of the molecule is CC(C)(C)c1ccc(N2B3c4cc5c(cc4N(c4ccc(C(C)(C)C)cc4-c4ccccc4)c4cc(-c6ccccc6)cc(c43)-c3ccc(N(c4ccc(C(C)(C)C)cc4)c4ccc(C(C)(C)C)cc4)cc32)oc2ccccc25)cc1. The van der Waals surface area contributed by atoms with Gasteiger partial charge >= 0.3 is 6.85 Å². The highest BCUT2D eigenvalue weighted by atomic mass is 16.3. The van der Waals surface area contributed by atoms with Crippen molar-refractivity contribution in [2.45, 2.75) is 105 Å². The zero-order valence-electron chi connectivity index (χ0n) is 49.1. The van der Waals surface area contributed by atoms with Crippen LogP contribution >= 0.6 is 0 Å². The molecule has 2 aliphatic heterocycles. The number of nitrogens with zero attached hydrogens (tertiary/aromatic N) is 3. The Kier molecular flexibility index (Phi) is 12.2. The molecule has 1 aromatic heterocycles. The summed E-state index contributed by atoms with van der Waals surface area (Å²) in [5, 5.41) is 2.21. The van der Waals surface area contributed by atoms with E-state index >= 15 is 0 Å². The lowest BCUT2D eigenvalue weighted by molar-refractivity contribution is 0.590. The average Bonchev–Trinajstić information content (AvgIpc) is 2.37. The highest BCUT2D eigenvalue weighted by molar-refractivity contribution is 6.93. The van der Waals surface area contributed by atoms with Crippen LogP contribution in [0.1, 0.15) is 105 Å². The van der Waals surface area contributed by atoms with E-state index < -0.39 is 0 Å². The molecule has 13 rings (SSSR count). The zero-order valence-corrected chi connectivity index (χ0v) is 49.1. The predicted molar refractivity (Wildman–Crippen MR) is 348 cm³/mol. The van der Waals surface area contributed by atoms with Gasteiger partial charge in [0.15, 0.2) is 0 Å². The summed E-state index contributed by atoms with van der Waals surface area (Å²) < 4.78 is 6.91. The van der Waals surface area contributed by atoms with Crippen LogP contribution in [0.5, 0.6) is 0 Å². The third kappa shape index (κ3) is 9.12. The Balaban J connectivity index is 1.15. The third-order valence-corrected chi connectivity index (χ3v) is 17.1. The minimum absolute atomic E-state index is 0.0105. The van der Waals surface area contributed by atoms with Gasteiger partial charge in [0.25, 0.3) is 0 Å². The molecule has 0 atom stereocenters. The Bertz CT molecular complexity index is 4130. The van der Waals surface area contributed by atoms with Crippen molar-refractivity contribution in [1.82, 2.24) is 0 Å². The molecule has 0 saturated heterocycles. The molecule has 400 valence electrons. The van der Waals surface area contributed by atoms with E-state index in [-0.39, 0.29) is 28.5 Å². The number of hydrogen-bond acceptors (Lipinski definition) is 4. The van der Waals surface area contributed by atoms with Gasteiger partial charge in [0.1, 0.15) is 11.2 Å². The summed E-state index contributed by atoms with van der Waals surface area (Å²) in [5.74, 6) is 0. The minimum Gasteiger partial charge on any atom is -0.456 e. The zero-order chi connectivity index (χ0) is 56.3. The van der Waals surface area contributed by atoms with Crippen LogP contribution in [0.3, 0.4) is 0 Å². The number of anilines is 8. The molecule has 0 saturated carbocycles. The third-order valence-electron chi connectivity index (χ3n) is 17.1. The first-order chi connectivity index (χ1) is 38.7. The van der Waals surface area contributed by atoms with Gasteiger partial charge in [0.05, 0.1) is 5.69 Å². The Morgan fingerprint density at radius 2 is 0.877 bits per heavy atom. The van der Waals surface area contributed by atoms with Crippen LogP contribution in [0.15, 0.2) is 223 Å². The number of hydrogen-bond donors (Lipinski definition) is 0. The molecule has 0 radical (unpaired) electrons. The highest BCUT2D eigenvalue weighted by Crippen LogP contribution is 2.53. The molecule has 0 spiro atoms. The van der Waals surface area contributed by atoms with Gasteiger partial charge in [-0.2, -0.15) is 0 Å². The molecule has 0 unspecified atom stereocenters. The Morgan fingerprint density at radius 1 is 0.346 bits per heavy atom. The van der Waals surface area contributed by atoms with E-state index in [2.05, 4.69) is 316 Å². The molecule has 11 aromatic rings. The fraction of sp³-hybridized carbons (Fsp3) is 0.211. The van der Waals surface area contributed by atoms with Crippen molar-refractivity contribution in [2.24, 2.45) is 0 Å². The van der Waals surface area contributed by atoms with E-state index in [1.54, 1.807) is 0 Å². The number of furan rings is 1. The fourth-order valence-corrected chi connectivity index (χ4v) is 12.5. The summed E-state index contributed by atoms with van der Waals surface area (Å²) in [4.78, 5) is 7.68. The van der Waals surface area contributed by atoms with Gasteiger partial charge < -0.3 is 19.0 Å². The summed E-state index contributed by atoms with van der Waals surface area (Å²) in [6.07, 6.45) is 0. The second kappa shape index (κ2) is 19.1. The van der Waals surface area contributed by atoms with Crippen LogP contribution < -0.4 is 25.5 Å². The first kappa shape index (κ1) is 51.9. The lowest BCUT2D eigenvalue weighted by atomic mass is 9.43. The van der Waals surface area contributed by atoms with Gasteiger partial charge in [0, 0.05) is 67.8 Å². The van der Waals surface area contributed by atoms with Crippen LogP contribution in [0.25, 0.3) is 55.3 Å². The molecule has 0 aliphatic carbocycles. The average molecular weight is 1050 g/mol. The summed E-state index contributed by atoms with van der Waals surface area (Å²) in [5.41, 5.74) is 25.3. The molecule has 0 amide bonds. The molecule has 81 heavy (non-hydrogen) atoms. The Labute approximate surface area is 480 Å². The maximum absolute atomic E-state index is 6.91. The normalized spacial score (nSPS) is 13.4. The maximum atomic E-state index is 6.91. The second-order valence-corrected chi connectivity index (χ2v) is 26.7. The van der Waals surface area contributed by atoms with Crippen LogP contribution in [0.2, 0.25) is 0 Å². The van der Waals surface area contributed by atoms with Crippen molar-refractivity contribution >= 4 is 85.2 Å². The largest absolute Gasteiger partial charge is 0.456 e. The summed E-state index contributed by atoms with van der Waals surface area (Å²) in [7, 11) is 0. The molecule has 4 nitrogen and oxygen atoms in total. The molecule has 10 aromatic carbocycles. The number of benzene rings is 10. The van der Waals surface area contributed by atoms with Crippen molar-refractivity contribution in [1.29, 1.82) is 0 Å². The first-order valence-electron chi connectivity index (χ1n) is 28.9. The van der Waals surface area contributed by atoms with Crippen molar-refractivity contribution < 1.29 is 4.42 Å². The van der Waals surface area contributed by atoms with E-state index in [0.29, 0.717) is 0 Å². The standard InChI is InChI=1S/C76H72BN3O/c1-73(2,3)52-27-34-56(35-28-52)78(57-36-29-53(30-37-57)74(4,5)6)59-40-41-60-64-43-51(49-21-15-13-16-22-49)44-69-72(64)77(80(67(60)46-59)58-38-31-54(32-39-58)75(7,8)9)65-47-63-61-25-19-20-26-70(61)81-71(63)48-68(65)79(69)66-42-33-55(76(10,11)12)45-62(66)50-23-17-14-18-24-50/h13-48H,1-12H3. The molecule has 0 bridgehead atoms. The van der Waals surface area contributed by atoms with Crippen LogP contribution in [-0.2, 0) is 21.7 Å². The topological polar surface area (TPSA) is 22.9 Å². The molecular weight excluding hydrogens is 982 g/mol. The van der Waals surface area contributed by atoms with Crippen molar-refractivity contribution in [3.63, 3.8) is 0 Å². The number of rotatable bonds is 7. The fourth-order valence-electron chi connectivity index (χ4n) is 12.5. The van der Waals surface area contributed by atoms with Crippen LogP contribution in [-0.4, -0.2) is 6.85 Å². The van der Waals surface area contributed by atoms with Gasteiger partial charge in [-0.05, 0) is 156 Å². The van der Waals surface area contributed by atoms with E-state index in [9.17, 15) is 0 Å². The van der Waals surface area contributed by atoms with Gasteiger partial charge in [0.2, 0.25) is 0 Å². The second-order valence-electron chi connectivity index (χ2n) is 26.7. The van der Waals surface area contributed by atoms with Gasteiger partial charge in [-0.15, -0.1) is 0 Å². The lowest BCUT2D eigenvalue weighted by Crippen LogP contribution is -2.61. The molecular formula is C76H72BN3O. The van der Waals surface area contributed by atoms with E-state index in [0.717, 1.165) is 73.0 Å². The molecule has 2 aliphatic rings. The van der Waals surface area contributed by atoms with E-state index in [1.807, 2.05) is 0 Å². The lowest BCUT2D eigenvalue weighted by Gasteiger charge is -2.46. The smallest absolute Gasteiger partial charge is 0.333 e. The minimum atomic E-state index is -0.257. The monoisotopic (exact) mass is 1050 g/mol. The van der Waals surface area contributed by atoms with Crippen molar-refractivity contribution in [3.8, 4) is 33.4 Å².